The number of ether oxygens (including phenoxy) is 4. The first-order chi connectivity index (χ1) is 16.6. The van der Waals surface area contributed by atoms with Gasteiger partial charge in [-0.3, -0.25) is 14.5 Å². The summed E-state index contributed by atoms with van der Waals surface area (Å²) in [5.74, 6) is 1.28. The minimum atomic E-state index is -0.363. The highest BCUT2D eigenvalue weighted by Gasteiger charge is 2.39. The van der Waals surface area contributed by atoms with E-state index in [9.17, 15) is 9.59 Å². The Morgan fingerprint density at radius 3 is 2.44 bits per heavy atom. The molecule has 2 aromatic carbocycles. The van der Waals surface area contributed by atoms with Crippen molar-refractivity contribution in [1.82, 2.24) is 4.90 Å². The average molecular weight is 467 g/mol. The number of imide groups is 1. The Hall–Kier alpha value is -3.52. The van der Waals surface area contributed by atoms with E-state index in [2.05, 4.69) is 5.32 Å². The maximum atomic E-state index is 13.4. The highest BCUT2D eigenvalue weighted by molar-refractivity contribution is 6.36. The summed E-state index contributed by atoms with van der Waals surface area (Å²) in [5.41, 5.74) is 1.85. The van der Waals surface area contributed by atoms with Gasteiger partial charge in [-0.25, -0.2) is 0 Å². The summed E-state index contributed by atoms with van der Waals surface area (Å²) in [7, 11) is 0. The Labute approximate surface area is 199 Å². The smallest absolute Gasteiger partial charge is 0.278 e. The van der Waals surface area contributed by atoms with Crippen LogP contribution >= 0.6 is 0 Å². The summed E-state index contributed by atoms with van der Waals surface area (Å²) in [5, 5.41) is 3.17. The Morgan fingerprint density at radius 2 is 1.71 bits per heavy atom. The molecule has 0 atom stereocenters. The zero-order chi connectivity index (χ0) is 23.9. The van der Waals surface area contributed by atoms with Crippen molar-refractivity contribution in [3.63, 3.8) is 0 Å². The van der Waals surface area contributed by atoms with Gasteiger partial charge in [0.15, 0.2) is 11.5 Å². The molecule has 0 spiro atoms. The van der Waals surface area contributed by atoms with Gasteiger partial charge in [0.25, 0.3) is 11.8 Å². The first kappa shape index (κ1) is 23.6. The Balaban J connectivity index is 1.63. The number of amides is 2. The number of fused-ring (bicyclic) bond motifs is 1. The molecule has 180 valence electrons. The highest BCUT2D eigenvalue weighted by Crippen LogP contribution is 2.36. The molecule has 0 aliphatic carbocycles. The molecule has 0 fully saturated rings. The molecule has 2 aliphatic heterocycles. The third kappa shape index (κ3) is 5.17. The molecule has 4 rings (SSSR count). The van der Waals surface area contributed by atoms with Crippen LogP contribution < -0.4 is 19.5 Å². The van der Waals surface area contributed by atoms with Crippen LogP contribution in [-0.4, -0.2) is 56.3 Å². The van der Waals surface area contributed by atoms with Gasteiger partial charge in [-0.1, -0.05) is 19.1 Å². The van der Waals surface area contributed by atoms with E-state index in [1.807, 2.05) is 26.0 Å². The van der Waals surface area contributed by atoms with Crippen molar-refractivity contribution < 1.29 is 28.5 Å². The maximum absolute atomic E-state index is 13.4. The zero-order valence-corrected chi connectivity index (χ0v) is 19.6. The van der Waals surface area contributed by atoms with Gasteiger partial charge in [-0.2, -0.15) is 0 Å². The lowest BCUT2D eigenvalue weighted by molar-refractivity contribution is -0.137. The summed E-state index contributed by atoms with van der Waals surface area (Å²) >= 11 is 0. The van der Waals surface area contributed by atoms with Crippen LogP contribution in [0.4, 0.5) is 5.69 Å². The molecule has 2 aliphatic rings. The summed E-state index contributed by atoms with van der Waals surface area (Å²) in [4.78, 5) is 28.0. The second kappa shape index (κ2) is 11.1. The number of nitrogens with zero attached hydrogens (tertiary/aromatic N) is 1. The molecule has 0 radical (unpaired) electrons. The van der Waals surface area contributed by atoms with E-state index >= 15 is 0 Å². The van der Waals surface area contributed by atoms with Gasteiger partial charge in [0, 0.05) is 31.5 Å². The lowest BCUT2D eigenvalue weighted by Gasteiger charge is -2.19. The van der Waals surface area contributed by atoms with Gasteiger partial charge in [-0.05, 0) is 49.6 Å². The zero-order valence-electron chi connectivity index (χ0n) is 19.6. The second-order valence-corrected chi connectivity index (χ2v) is 7.92. The van der Waals surface area contributed by atoms with E-state index in [1.54, 1.807) is 30.3 Å². The minimum absolute atomic E-state index is 0.236. The molecule has 0 unspecified atom stereocenters. The summed E-state index contributed by atoms with van der Waals surface area (Å²) < 4.78 is 22.3. The fourth-order valence-electron chi connectivity index (χ4n) is 3.84. The topological polar surface area (TPSA) is 86.3 Å². The standard InChI is InChI=1S/C26H30N2O6/c1-3-13-32-20-9-6-18(7-10-20)23-24(26(30)28(25(23)29)12-5-14-31-4-2)27-19-8-11-21-22(17-19)34-16-15-33-21/h6-11,17,27H,3-5,12-16H2,1-2H3. The minimum Gasteiger partial charge on any atom is -0.494 e. The molecule has 34 heavy (non-hydrogen) atoms. The van der Waals surface area contributed by atoms with E-state index in [0.29, 0.717) is 67.8 Å². The van der Waals surface area contributed by atoms with Crippen LogP contribution in [0.1, 0.15) is 32.3 Å². The van der Waals surface area contributed by atoms with Crippen molar-refractivity contribution in [3.05, 3.63) is 53.7 Å². The van der Waals surface area contributed by atoms with Gasteiger partial charge in [0.2, 0.25) is 0 Å². The first-order valence-electron chi connectivity index (χ1n) is 11.7. The highest BCUT2D eigenvalue weighted by atomic mass is 16.6. The number of nitrogens with one attached hydrogen (secondary N) is 1. The molecule has 0 aromatic heterocycles. The number of hydrogen-bond acceptors (Lipinski definition) is 7. The lowest BCUT2D eigenvalue weighted by atomic mass is 10.0. The van der Waals surface area contributed by atoms with Gasteiger partial charge in [-0.15, -0.1) is 0 Å². The molecular weight excluding hydrogens is 436 g/mol. The largest absolute Gasteiger partial charge is 0.494 e. The molecule has 1 N–H and O–H groups in total. The van der Waals surface area contributed by atoms with Gasteiger partial charge < -0.3 is 24.3 Å². The van der Waals surface area contributed by atoms with Crippen molar-refractivity contribution in [2.45, 2.75) is 26.7 Å². The number of benzene rings is 2. The molecular formula is C26H30N2O6. The molecule has 0 saturated carbocycles. The fourth-order valence-corrected chi connectivity index (χ4v) is 3.84. The van der Waals surface area contributed by atoms with Crippen LogP contribution in [0.25, 0.3) is 5.57 Å². The summed E-state index contributed by atoms with van der Waals surface area (Å²) in [6, 6.07) is 12.6. The normalized spacial score (nSPS) is 15.2. The Morgan fingerprint density at radius 1 is 0.941 bits per heavy atom. The van der Waals surface area contributed by atoms with Gasteiger partial charge in [0.05, 0.1) is 12.2 Å². The van der Waals surface area contributed by atoms with Crippen molar-refractivity contribution in [1.29, 1.82) is 0 Å². The number of rotatable bonds is 11. The Kier molecular flexibility index (Phi) is 7.69. The maximum Gasteiger partial charge on any atom is 0.278 e. The van der Waals surface area contributed by atoms with E-state index in [4.69, 9.17) is 18.9 Å². The molecule has 0 bridgehead atoms. The number of carbonyl (C=O) groups excluding carboxylic acids is 2. The third-order valence-corrected chi connectivity index (χ3v) is 5.47. The predicted octanol–water partition coefficient (Wildman–Crippen LogP) is 3.87. The van der Waals surface area contributed by atoms with Crippen molar-refractivity contribution in [3.8, 4) is 17.2 Å². The van der Waals surface area contributed by atoms with Crippen molar-refractivity contribution >= 4 is 23.1 Å². The van der Waals surface area contributed by atoms with Crippen LogP contribution in [0.3, 0.4) is 0 Å². The lowest BCUT2D eigenvalue weighted by Crippen LogP contribution is -2.34. The van der Waals surface area contributed by atoms with E-state index in [-0.39, 0.29) is 24.1 Å². The van der Waals surface area contributed by atoms with E-state index in [0.717, 1.165) is 12.2 Å². The average Bonchev–Trinajstić information content (AvgIpc) is 3.09. The van der Waals surface area contributed by atoms with Crippen LogP contribution in [0.5, 0.6) is 17.2 Å². The molecule has 2 amide bonds. The van der Waals surface area contributed by atoms with Gasteiger partial charge >= 0.3 is 0 Å². The van der Waals surface area contributed by atoms with Crippen molar-refractivity contribution in [2.75, 3.05) is 44.9 Å². The number of carbonyl (C=O) groups is 2. The second-order valence-electron chi connectivity index (χ2n) is 7.92. The summed E-state index contributed by atoms with van der Waals surface area (Å²) in [6.07, 6.45) is 1.47. The predicted molar refractivity (Wildman–Crippen MR) is 128 cm³/mol. The molecule has 8 nitrogen and oxygen atoms in total. The number of anilines is 1. The van der Waals surface area contributed by atoms with Crippen LogP contribution in [0, 0.1) is 0 Å². The molecule has 0 saturated heterocycles. The number of hydrogen-bond donors (Lipinski definition) is 1. The van der Waals surface area contributed by atoms with E-state index < -0.39 is 0 Å². The quantitative estimate of drug-likeness (QED) is 0.397. The molecule has 8 heteroatoms. The van der Waals surface area contributed by atoms with Crippen LogP contribution in [0.15, 0.2) is 48.2 Å². The first-order valence-corrected chi connectivity index (χ1v) is 11.7. The van der Waals surface area contributed by atoms with Gasteiger partial charge in [0.1, 0.15) is 24.7 Å². The molecule has 2 heterocycles. The van der Waals surface area contributed by atoms with Crippen LogP contribution in [0.2, 0.25) is 0 Å². The Bertz CT molecular complexity index is 1060. The third-order valence-electron chi connectivity index (χ3n) is 5.47. The SMILES string of the molecule is CCCOc1ccc(C2=C(Nc3ccc4c(c3)OCCO4)C(=O)N(CCCOCC)C2=O)cc1. The van der Waals surface area contributed by atoms with E-state index in [1.165, 1.54) is 4.90 Å². The monoisotopic (exact) mass is 466 g/mol. The molecule has 2 aromatic rings. The van der Waals surface area contributed by atoms with Crippen LogP contribution in [-0.2, 0) is 14.3 Å². The fraction of sp³-hybridized carbons (Fsp3) is 0.385. The summed E-state index contributed by atoms with van der Waals surface area (Å²) in [6.45, 7) is 6.88. The van der Waals surface area contributed by atoms with Crippen molar-refractivity contribution in [2.24, 2.45) is 0 Å².